The fourth-order valence-corrected chi connectivity index (χ4v) is 5.24. The predicted octanol–water partition coefficient (Wildman–Crippen LogP) is 4.71. The molecule has 0 aliphatic heterocycles. The summed E-state index contributed by atoms with van der Waals surface area (Å²) in [6, 6.07) is 14.8. The highest BCUT2D eigenvalue weighted by Gasteiger charge is 2.15. The second kappa shape index (κ2) is 9.08. The molecule has 0 aliphatic rings. The highest BCUT2D eigenvalue weighted by atomic mass is 32.2. The summed E-state index contributed by atoms with van der Waals surface area (Å²) in [6.45, 7) is 3.95. The predicted molar refractivity (Wildman–Crippen MR) is 124 cm³/mol. The Labute approximate surface area is 192 Å². The lowest BCUT2D eigenvalue weighted by Crippen LogP contribution is -2.17. The van der Waals surface area contributed by atoms with Gasteiger partial charge in [-0.15, -0.1) is 6.58 Å². The van der Waals surface area contributed by atoms with Crippen LogP contribution < -0.4 is 9.52 Å². The lowest BCUT2D eigenvalue weighted by molar-refractivity contribution is 0.0998. The molecule has 0 fully saturated rings. The molecule has 33 heavy (non-hydrogen) atoms. The summed E-state index contributed by atoms with van der Waals surface area (Å²) in [4.78, 5) is 17.1. The normalized spacial score (nSPS) is 12.1. The lowest BCUT2D eigenvalue weighted by atomic mass is 10.2. The van der Waals surface area contributed by atoms with Crippen LogP contribution in [0.4, 0.5) is 14.5 Å². The van der Waals surface area contributed by atoms with E-state index >= 15 is 0 Å². The molecule has 1 heterocycles. The SMILES string of the molecule is C=CCn1c(=NC(=O)c2ccc(NS(=O)(=O)c3ccc(F)cc3)cc2)sc2cccc(F)c21. The topological polar surface area (TPSA) is 80.5 Å². The summed E-state index contributed by atoms with van der Waals surface area (Å²) >= 11 is 1.18. The third-order valence-corrected chi connectivity index (χ3v) is 7.11. The van der Waals surface area contributed by atoms with Gasteiger partial charge in [-0.05, 0) is 60.7 Å². The molecular formula is C23H17F2N3O3S2. The number of amides is 1. The van der Waals surface area contributed by atoms with E-state index in [4.69, 9.17) is 0 Å². The van der Waals surface area contributed by atoms with Crippen LogP contribution in [0.25, 0.3) is 10.2 Å². The van der Waals surface area contributed by atoms with E-state index in [9.17, 15) is 22.0 Å². The fourth-order valence-electron chi connectivity index (χ4n) is 3.13. The average molecular weight is 486 g/mol. The summed E-state index contributed by atoms with van der Waals surface area (Å²) in [7, 11) is -3.91. The zero-order valence-corrected chi connectivity index (χ0v) is 18.7. The summed E-state index contributed by atoms with van der Waals surface area (Å²) in [5.41, 5.74) is 0.795. The molecule has 1 amide bonds. The number of hydrogen-bond donors (Lipinski definition) is 1. The van der Waals surface area contributed by atoms with Crippen molar-refractivity contribution in [3.05, 3.63) is 101 Å². The van der Waals surface area contributed by atoms with Crippen LogP contribution in [0.1, 0.15) is 10.4 Å². The lowest BCUT2D eigenvalue weighted by Gasteiger charge is -2.08. The molecule has 4 rings (SSSR count). The van der Waals surface area contributed by atoms with Crippen LogP contribution in [0, 0.1) is 11.6 Å². The van der Waals surface area contributed by atoms with Gasteiger partial charge in [-0.1, -0.05) is 23.5 Å². The second-order valence-electron chi connectivity index (χ2n) is 6.92. The fraction of sp³-hybridized carbons (Fsp3) is 0.0435. The van der Waals surface area contributed by atoms with Gasteiger partial charge >= 0.3 is 0 Å². The maximum absolute atomic E-state index is 14.3. The maximum atomic E-state index is 14.3. The summed E-state index contributed by atoms with van der Waals surface area (Å²) in [5.74, 6) is -1.53. The van der Waals surface area contributed by atoms with Gasteiger partial charge in [-0.3, -0.25) is 9.52 Å². The number of nitrogens with one attached hydrogen (secondary N) is 1. The van der Waals surface area contributed by atoms with Crippen LogP contribution in [0.2, 0.25) is 0 Å². The van der Waals surface area contributed by atoms with Crippen LogP contribution in [0.5, 0.6) is 0 Å². The van der Waals surface area contributed by atoms with Crippen molar-refractivity contribution in [2.45, 2.75) is 11.4 Å². The van der Waals surface area contributed by atoms with Crippen molar-refractivity contribution in [1.82, 2.24) is 4.57 Å². The molecule has 10 heteroatoms. The largest absolute Gasteiger partial charge is 0.310 e. The molecule has 0 atom stereocenters. The molecule has 0 saturated heterocycles. The Kier molecular flexibility index (Phi) is 6.21. The van der Waals surface area contributed by atoms with Gasteiger partial charge < -0.3 is 4.57 Å². The Balaban J connectivity index is 1.61. The van der Waals surface area contributed by atoms with E-state index in [-0.39, 0.29) is 22.7 Å². The van der Waals surface area contributed by atoms with Crippen molar-refractivity contribution in [3.63, 3.8) is 0 Å². The van der Waals surface area contributed by atoms with Gasteiger partial charge in [-0.2, -0.15) is 4.99 Å². The van der Waals surface area contributed by atoms with Crippen LogP contribution >= 0.6 is 11.3 Å². The Morgan fingerprint density at radius 3 is 2.42 bits per heavy atom. The second-order valence-corrected chi connectivity index (χ2v) is 9.62. The van der Waals surface area contributed by atoms with Gasteiger partial charge in [0.2, 0.25) is 0 Å². The monoisotopic (exact) mass is 485 g/mol. The number of sulfonamides is 1. The van der Waals surface area contributed by atoms with Gasteiger partial charge in [0.15, 0.2) is 4.80 Å². The summed E-state index contributed by atoms with van der Waals surface area (Å²) in [5, 5.41) is 0. The van der Waals surface area contributed by atoms with Crippen molar-refractivity contribution in [2.75, 3.05) is 4.72 Å². The number of benzene rings is 3. The molecule has 0 bridgehead atoms. The van der Waals surface area contributed by atoms with Crippen molar-refractivity contribution in [1.29, 1.82) is 0 Å². The quantitative estimate of drug-likeness (QED) is 0.402. The molecule has 0 saturated carbocycles. The first-order chi connectivity index (χ1) is 15.8. The maximum Gasteiger partial charge on any atom is 0.279 e. The van der Waals surface area contributed by atoms with Crippen molar-refractivity contribution in [3.8, 4) is 0 Å². The van der Waals surface area contributed by atoms with E-state index in [2.05, 4.69) is 16.3 Å². The van der Waals surface area contributed by atoms with Gasteiger partial charge in [-0.25, -0.2) is 17.2 Å². The van der Waals surface area contributed by atoms with Crippen LogP contribution in [-0.4, -0.2) is 18.9 Å². The number of anilines is 1. The van der Waals surface area contributed by atoms with E-state index in [1.807, 2.05) is 0 Å². The van der Waals surface area contributed by atoms with Crippen molar-refractivity contribution >= 4 is 43.2 Å². The third kappa shape index (κ3) is 4.76. The number of allylic oxidation sites excluding steroid dienone is 1. The van der Waals surface area contributed by atoms with Crippen LogP contribution in [-0.2, 0) is 16.6 Å². The Hall–Kier alpha value is -3.63. The smallest absolute Gasteiger partial charge is 0.279 e. The molecule has 1 N–H and O–H groups in total. The number of halogens is 2. The van der Waals surface area contributed by atoms with E-state index < -0.39 is 27.6 Å². The molecule has 0 aliphatic carbocycles. The van der Waals surface area contributed by atoms with Crippen molar-refractivity contribution < 1.29 is 22.0 Å². The molecule has 0 radical (unpaired) electrons. The van der Waals surface area contributed by atoms with Gasteiger partial charge in [0, 0.05) is 17.8 Å². The molecule has 1 aromatic heterocycles. The Morgan fingerprint density at radius 2 is 1.76 bits per heavy atom. The molecule has 0 spiro atoms. The van der Waals surface area contributed by atoms with Crippen molar-refractivity contribution in [2.24, 2.45) is 4.99 Å². The number of hydrogen-bond acceptors (Lipinski definition) is 4. The number of fused-ring (bicyclic) bond motifs is 1. The van der Waals surface area contributed by atoms with Gasteiger partial charge in [0.25, 0.3) is 15.9 Å². The number of rotatable bonds is 6. The Morgan fingerprint density at radius 1 is 1.06 bits per heavy atom. The number of carbonyl (C=O) groups is 1. The first-order valence-electron chi connectivity index (χ1n) is 9.65. The minimum absolute atomic E-state index is 0.0946. The summed E-state index contributed by atoms with van der Waals surface area (Å²) < 4.78 is 56.8. The number of thiazole rings is 1. The van der Waals surface area contributed by atoms with E-state index in [1.165, 1.54) is 41.7 Å². The molecule has 168 valence electrons. The highest BCUT2D eigenvalue weighted by Crippen LogP contribution is 2.21. The number of carbonyl (C=O) groups excluding carboxylic acids is 1. The average Bonchev–Trinajstić information content (AvgIpc) is 3.12. The highest BCUT2D eigenvalue weighted by molar-refractivity contribution is 7.92. The summed E-state index contributed by atoms with van der Waals surface area (Å²) in [6.07, 6.45) is 1.59. The van der Waals surface area contributed by atoms with Gasteiger partial charge in [0.05, 0.1) is 15.1 Å². The minimum Gasteiger partial charge on any atom is -0.310 e. The zero-order chi connectivity index (χ0) is 23.6. The molecule has 4 aromatic rings. The van der Waals surface area contributed by atoms with Gasteiger partial charge in [0.1, 0.15) is 11.6 Å². The first-order valence-corrected chi connectivity index (χ1v) is 11.9. The zero-order valence-electron chi connectivity index (χ0n) is 17.0. The number of nitrogens with zero attached hydrogens (tertiary/aromatic N) is 2. The molecular weight excluding hydrogens is 468 g/mol. The third-order valence-electron chi connectivity index (χ3n) is 4.67. The molecule has 3 aromatic carbocycles. The van der Waals surface area contributed by atoms with E-state index in [1.54, 1.807) is 22.8 Å². The number of aromatic nitrogens is 1. The standard InChI is InChI=1S/C23H17F2N3O3S2/c1-2-14-28-21-19(25)4-3-5-20(21)32-23(28)26-22(29)15-6-10-17(11-7-15)27-33(30,31)18-12-8-16(24)9-13-18/h2-13,27H,1,14H2. The molecule has 0 unspecified atom stereocenters. The van der Waals surface area contributed by atoms with Crippen LogP contribution in [0.3, 0.4) is 0 Å². The molecule has 6 nitrogen and oxygen atoms in total. The minimum atomic E-state index is -3.91. The number of para-hydroxylation sites is 1. The van der Waals surface area contributed by atoms with E-state index in [0.29, 0.717) is 15.0 Å². The van der Waals surface area contributed by atoms with Crippen LogP contribution in [0.15, 0.2) is 89.3 Å². The Bertz CT molecular complexity index is 1520. The van der Waals surface area contributed by atoms with E-state index in [0.717, 1.165) is 24.3 Å². The first kappa shape index (κ1) is 22.6.